The second-order valence-electron chi connectivity index (χ2n) is 8.93. The Morgan fingerprint density at radius 3 is 1.53 bits per heavy atom. The second-order valence-corrected chi connectivity index (χ2v) is 8.93. The number of amides is 4. The Morgan fingerprint density at radius 1 is 0.684 bits per heavy atom. The average molecular weight is 549 g/mol. The van der Waals surface area contributed by atoms with Crippen molar-refractivity contribution in [3.8, 4) is 0 Å². The Kier molecular flexibility index (Phi) is 16.4. The molecule has 16 heteroatoms. The van der Waals surface area contributed by atoms with Crippen LogP contribution in [-0.4, -0.2) is 106 Å². The SMILES string of the molecule is CC(C)[C@H](N)C(=O)N[C@H](CCC(=O)O)C(=O)N[C@H](CO)C(=O)N[C@@H](CO)C(=O)N[C@H](CCCCN)C(=O)O. The van der Waals surface area contributed by atoms with E-state index in [1.165, 1.54) is 0 Å². The molecule has 0 aliphatic heterocycles. The van der Waals surface area contributed by atoms with Crippen LogP contribution in [0.3, 0.4) is 0 Å². The van der Waals surface area contributed by atoms with Crippen molar-refractivity contribution in [2.45, 2.75) is 76.2 Å². The molecule has 12 N–H and O–H groups in total. The van der Waals surface area contributed by atoms with Gasteiger partial charge in [-0.2, -0.15) is 0 Å². The van der Waals surface area contributed by atoms with Crippen molar-refractivity contribution in [3.05, 3.63) is 0 Å². The lowest BCUT2D eigenvalue weighted by atomic mass is 10.0. The van der Waals surface area contributed by atoms with E-state index in [1.54, 1.807) is 13.8 Å². The number of rotatable bonds is 19. The van der Waals surface area contributed by atoms with Crippen molar-refractivity contribution in [2.75, 3.05) is 19.8 Å². The molecular formula is C22H40N6O10. The zero-order valence-corrected chi connectivity index (χ0v) is 21.5. The Balaban J connectivity index is 5.38. The fourth-order valence-electron chi connectivity index (χ4n) is 3.06. The molecule has 0 radical (unpaired) electrons. The average Bonchev–Trinajstić information content (AvgIpc) is 2.86. The maximum Gasteiger partial charge on any atom is 0.326 e. The summed E-state index contributed by atoms with van der Waals surface area (Å²) < 4.78 is 0. The van der Waals surface area contributed by atoms with Crippen molar-refractivity contribution in [1.82, 2.24) is 21.3 Å². The van der Waals surface area contributed by atoms with Gasteiger partial charge >= 0.3 is 11.9 Å². The molecule has 0 saturated heterocycles. The minimum absolute atomic E-state index is 0.0591. The number of carboxylic acids is 2. The number of aliphatic hydroxyl groups is 2. The van der Waals surface area contributed by atoms with E-state index >= 15 is 0 Å². The number of carboxylic acid groups (broad SMARTS) is 2. The highest BCUT2D eigenvalue weighted by atomic mass is 16.4. The van der Waals surface area contributed by atoms with Gasteiger partial charge in [-0.15, -0.1) is 0 Å². The number of carbonyl (C=O) groups is 6. The Labute approximate surface area is 219 Å². The third kappa shape index (κ3) is 12.8. The molecule has 0 aromatic heterocycles. The summed E-state index contributed by atoms with van der Waals surface area (Å²) in [6, 6.07) is -6.99. The number of nitrogens with one attached hydrogen (secondary N) is 4. The van der Waals surface area contributed by atoms with Crippen molar-refractivity contribution in [1.29, 1.82) is 0 Å². The Morgan fingerprint density at radius 2 is 1.13 bits per heavy atom. The number of aliphatic carboxylic acids is 2. The van der Waals surface area contributed by atoms with Gasteiger partial charge in [0.05, 0.1) is 19.3 Å². The molecule has 0 rings (SSSR count). The summed E-state index contributed by atoms with van der Waals surface area (Å²) in [6.07, 6.45) is 0.136. The standard InChI is InChI=1S/C22H40N6O10/c1-11(2)17(24)21(36)25-12(6-7-16(31)32)18(33)27-15(10-30)20(35)28-14(9-29)19(34)26-13(22(37)38)5-3-4-8-23/h11-15,17,29-30H,3-10,23-24H2,1-2H3,(H,25,36)(H,26,34)(H,27,33)(H,28,35)(H,31,32)(H,37,38)/t12-,13-,14+,15-,17+/m1/s1. The van der Waals surface area contributed by atoms with Crippen LogP contribution in [0.25, 0.3) is 0 Å². The van der Waals surface area contributed by atoms with Crippen LogP contribution >= 0.6 is 0 Å². The Hall–Kier alpha value is -3.34. The van der Waals surface area contributed by atoms with E-state index in [2.05, 4.69) is 21.3 Å². The van der Waals surface area contributed by atoms with Gasteiger partial charge in [-0.25, -0.2) is 4.79 Å². The fraction of sp³-hybridized carbons (Fsp3) is 0.727. The summed E-state index contributed by atoms with van der Waals surface area (Å²) >= 11 is 0. The van der Waals surface area contributed by atoms with Crippen LogP contribution in [0.4, 0.5) is 0 Å². The van der Waals surface area contributed by atoms with Crippen LogP contribution in [0.5, 0.6) is 0 Å². The van der Waals surface area contributed by atoms with Crippen molar-refractivity contribution in [3.63, 3.8) is 0 Å². The van der Waals surface area contributed by atoms with Crippen LogP contribution < -0.4 is 32.7 Å². The molecule has 0 aliphatic carbocycles. The number of carbonyl (C=O) groups excluding carboxylic acids is 4. The van der Waals surface area contributed by atoms with Gasteiger partial charge in [-0.05, 0) is 38.1 Å². The lowest BCUT2D eigenvalue weighted by Gasteiger charge is -2.25. The van der Waals surface area contributed by atoms with Gasteiger partial charge in [-0.1, -0.05) is 13.8 Å². The van der Waals surface area contributed by atoms with Crippen LogP contribution in [0.15, 0.2) is 0 Å². The molecule has 0 saturated carbocycles. The predicted octanol–water partition coefficient (Wildman–Crippen LogP) is -4.03. The quantitative estimate of drug-likeness (QED) is 0.0691. The van der Waals surface area contributed by atoms with Crippen molar-refractivity contribution >= 4 is 35.6 Å². The highest BCUT2D eigenvalue weighted by Gasteiger charge is 2.31. The highest BCUT2D eigenvalue weighted by molar-refractivity contribution is 5.95. The maximum absolute atomic E-state index is 12.7. The first-order valence-corrected chi connectivity index (χ1v) is 12.1. The maximum atomic E-state index is 12.7. The molecule has 0 heterocycles. The second kappa shape index (κ2) is 18.0. The zero-order chi connectivity index (χ0) is 29.4. The van der Waals surface area contributed by atoms with E-state index in [9.17, 15) is 44.1 Å². The molecule has 0 aliphatic rings. The molecule has 0 fully saturated rings. The molecule has 0 aromatic carbocycles. The Bertz CT molecular complexity index is 824. The van der Waals surface area contributed by atoms with Crippen LogP contribution in [0.1, 0.15) is 46.0 Å². The molecule has 38 heavy (non-hydrogen) atoms. The smallest absolute Gasteiger partial charge is 0.326 e. The molecule has 0 unspecified atom stereocenters. The van der Waals surface area contributed by atoms with Crippen LogP contribution in [-0.2, 0) is 28.8 Å². The summed E-state index contributed by atoms with van der Waals surface area (Å²) in [7, 11) is 0. The van der Waals surface area contributed by atoms with E-state index in [-0.39, 0.29) is 18.8 Å². The van der Waals surface area contributed by atoms with Gasteiger partial charge in [-0.3, -0.25) is 24.0 Å². The van der Waals surface area contributed by atoms with Gasteiger partial charge in [0.2, 0.25) is 23.6 Å². The van der Waals surface area contributed by atoms with E-state index in [0.717, 1.165) is 0 Å². The minimum Gasteiger partial charge on any atom is -0.481 e. The normalized spacial score (nSPS) is 14.9. The number of aliphatic hydroxyl groups excluding tert-OH is 2. The largest absolute Gasteiger partial charge is 0.481 e. The lowest BCUT2D eigenvalue weighted by Crippen LogP contribution is -2.60. The zero-order valence-electron chi connectivity index (χ0n) is 21.5. The number of hydrogen-bond acceptors (Lipinski definition) is 10. The monoisotopic (exact) mass is 548 g/mol. The number of unbranched alkanes of at least 4 members (excludes halogenated alkanes) is 1. The lowest BCUT2D eigenvalue weighted by molar-refractivity contribution is -0.143. The van der Waals surface area contributed by atoms with Crippen LogP contribution in [0.2, 0.25) is 0 Å². The third-order valence-corrected chi connectivity index (χ3v) is 5.49. The number of hydrogen-bond donors (Lipinski definition) is 10. The summed E-state index contributed by atoms with van der Waals surface area (Å²) in [5.74, 6) is -6.72. The van der Waals surface area contributed by atoms with E-state index in [4.69, 9.17) is 16.6 Å². The summed E-state index contributed by atoms with van der Waals surface area (Å²) in [6.45, 7) is 1.77. The molecule has 0 bridgehead atoms. The minimum atomic E-state index is -1.66. The first-order valence-electron chi connectivity index (χ1n) is 12.1. The summed E-state index contributed by atoms with van der Waals surface area (Å²) in [4.78, 5) is 72.5. The molecule has 0 spiro atoms. The fourth-order valence-corrected chi connectivity index (χ4v) is 3.06. The molecule has 16 nitrogen and oxygen atoms in total. The van der Waals surface area contributed by atoms with Gasteiger partial charge < -0.3 is 53.2 Å². The molecule has 5 atom stereocenters. The van der Waals surface area contributed by atoms with Crippen molar-refractivity contribution in [2.24, 2.45) is 17.4 Å². The first kappa shape index (κ1) is 34.7. The summed E-state index contributed by atoms with van der Waals surface area (Å²) in [5.41, 5.74) is 11.1. The highest BCUT2D eigenvalue weighted by Crippen LogP contribution is 2.04. The van der Waals surface area contributed by atoms with Crippen LogP contribution in [0, 0.1) is 5.92 Å². The first-order chi connectivity index (χ1) is 17.8. The summed E-state index contributed by atoms with van der Waals surface area (Å²) in [5, 5.41) is 46.2. The van der Waals surface area contributed by atoms with Gasteiger partial charge in [0, 0.05) is 6.42 Å². The molecule has 0 aromatic rings. The van der Waals surface area contributed by atoms with Gasteiger partial charge in [0.1, 0.15) is 24.2 Å². The van der Waals surface area contributed by atoms with Gasteiger partial charge in [0.15, 0.2) is 0 Å². The predicted molar refractivity (Wildman–Crippen MR) is 132 cm³/mol. The molecule has 218 valence electrons. The van der Waals surface area contributed by atoms with Crippen molar-refractivity contribution < 1.29 is 49.2 Å². The van der Waals surface area contributed by atoms with Gasteiger partial charge in [0.25, 0.3) is 0 Å². The van der Waals surface area contributed by atoms with E-state index < -0.39 is 85.4 Å². The van der Waals surface area contributed by atoms with E-state index in [0.29, 0.717) is 19.4 Å². The third-order valence-electron chi connectivity index (χ3n) is 5.49. The van der Waals surface area contributed by atoms with E-state index in [1.807, 2.05) is 0 Å². The topological polar surface area (TPSA) is 284 Å². The molecular weight excluding hydrogens is 508 g/mol. The number of nitrogens with two attached hydrogens (primary N) is 2. The molecule has 4 amide bonds.